The molecule has 0 fully saturated rings. The third kappa shape index (κ3) is 1.94. The molecule has 0 amide bonds. The summed E-state index contributed by atoms with van der Waals surface area (Å²) in [6, 6.07) is 0.819. The van der Waals surface area contributed by atoms with Crippen molar-refractivity contribution in [2.75, 3.05) is 7.05 Å². The summed E-state index contributed by atoms with van der Waals surface area (Å²) in [7, 11) is 1.67. The van der Waals surface area contributed by atoms with Crippen molar-refractivity contribution in [1.29, 1.82) is 0 Å². The predicted molar refractivity (Wildman–Crippen MR) is 36.9 cm³/mol. The van der Waals surface area contributed by atoms with Gasteiger partial charge >= 0.3 is 0 Å². The smallest absolute Gasteiger partial charge is 0.148 e. The van der Waals surface area contributed by atoms with Crippen LogP contribution in [0.15, 0.2) is 12.3 Å². The van der Waals surface area contributed by atoms with Gasteiger partial charge in [0.15, 0.2) is 0 Å². The summed E-state index contributed by atoms with van der Waals surface area (Å²) in [5, 5.41) is 2.72. The summed E-state index contributed by atoms with van der Waals surface area (Å²) in [5.74, 6) is -1.26. The molecular weight excluding hydrogens is 150 g/mol. The Balaban J connectivity index is 2.90. The molecule has 11 heavy (non-hydrogen) atoms. The van der Waals surface area contributed by atoms with E-state index in [1.165, 1.54) is 0 Å². The lowest BCUT2D eigenvalue weighted by atomic mass is 10.3. The molecule has 0 aromatic carbocycles. The molecule has 0 saturated carbocycles. The topological polar surface area (TPSA) is 24.9 Å². The van der Waals surface area contributed by atoms with Gasteiger partial charge in [0.1, 0.15) is 11.6 Å². The van der Waals surface area contributed by atoms with E-state index in [9.17, 15) is 8.78 Å². The minimum atomic E-state index is -0.651. The van der Waals surface area contributed by atoms with Crippen LogP contribution in [0.5, 0.6) is 0 Å². The first-order valence-corrected chi connectivity index (χ1v) is 3.18. The third-order valence-corrected chi connectivity index (χ3v) is 1.23. The van der Waals surface area contributed by atoms with Crippen LogP contribution in [0.25, 0.3) is 0 Å². The van der Waals surface area contributed by atoms with Gasteiger partial charge in [0.05, 0.1) is 11.9 Å². The lowest BCUT2D eigenvalue weighted by Gasteiger charge is -1.99. The normalized spacial score (nSPS) is 10.1. The van der Waals surface area contributed by atoms with E-state index in [0.29, 0.717) is 6.54 Å². The lowest BCUT2D eigenvalue weighted by molar-refractivity contribution is 0.551. The van der Waals surface area contributed by atoms with Gasteiger partial charge in [-0.15, -0.1) is 0 Å². The van der Waals surface area contributed by atoms with Gasteiger partial charge in [-0.05, 0) is 7.05 Å². The summed E-state index contributed by atoms with van der Waals surface area (Å²) < 4.78 is 25.0. The van der Waals surface area contributed by atoms with Crippen LogP contribution >= 0.6 is 0 Å². The fourth-order valence-electron chi connectivity index (χ4n) is 0.740. The zero-order chi connectivity index (χ0) is 8.27. The lowest BCUT2D eigenvalue weighted by Crippen LogP contribution is -2.09. The Labute approximate surface area is 63.3 Å². The Morgan fingerprint density at radius 1 is 1.55 bits per heavy atom. The van der Waals surface area contributed by atoms with E-state index in [-0.39, 0.29) is 5.69 Å². The number of pyridine rings is 1. The molecule has 60 valence electrons. The van der Waals surface area contributed by atoms with Gasteiger partial charge in [0.25, 0.3) is 0 Å². The molecule has 0 aliphatic heterocycles. The Bertz CT molecular complexity index is 250. The molecule has 0 bridgehead atoms. The van der Waals surface area contributed by atoms with Crippen molar-refractivity contribution >= 4 is 0 Å². The average Bonchev–Trinajstić information content (AvgIpc) is 1.95. The van der Waals surface area contributed by atoms with Gasteiger partial charge in [-0.2, -0.15) is 0 Å². The molecule has 0 aliphatic carbocycles. The fourth-order valence-corrected chi connectivity index (χ4v) is 0.740. The van der Waals surface area contributed by atoms with E-state index in [1.807, 2.05) is 0 Å². The Hall–Kier alpha value is -1.03. The van der Waals surface area contributed by atoms with Gasteiger partial charge in [0, 0.05) is 12.6 Å². The first kappa shape index (κ1) is 8.07. The molecule has 0 aliphatic rings. The van der Waals surface area contributed by atoms with Crippen molar-refractivity contribution in [3.05, 3.63) is 29.6 Å². The van der Waals surface area contributed by atoms with E-state index in [0.717, 1.165) is 12.3 Å². The highest BCUT2D eigenvalue weighted by molar-refractivity contribution is 5.07. The molecule has 0 spiro atoms. The molecule has 4 heteroatoms. The van der Waals surface area contributed by atoms with Crippen LogP contribution in [0.3, 0.4) is 0 Å². The summed E-state index contributed by atoms with van der Waals surface area (Å²) in [5.41, 5.74) is 0.230. The number of nitrogens with one attached hydrogen (secondary N) is 1. The fraction of sp³-hybridized carbons (Fsp3) is 0.286. The second kappa shape index (κ2) is 3.39. The molecule has 1 aromatic heterocycles. The van der Waals surface area contributed by atoms with Crippen LogP contribution in [0.1, 0.15) is 5.69 Å². The third-order valence-electron chi connectivity index (χ3n) is 1.23. The standard InChI is InChI=1S/C7H8F2N2/c1-10-4-7-6(9)2-5(8)3-11-7/h2-3,10H,4H2,1H3. The van der Waals surface area contributed by atoms with Crippen LogP contribution in [0, 0.1) is 11.6 Å². The first-order chi connectivity index (χ1) is 5.24. The molecule has 2 nitrogen and oxygen atoms in total. The van der Waals surface area contributed by atoms with Crippen molar-refractivity contribution in [2.24, 2.45) is 0 Å². The molecule has 1 heterocycles. The average molecular weight is 158 g/mol. The highest BCUT2D eigenvalue weighted by Gasteiger charge is 2.02. The number of hydrogen-bond donors (Lipinski definition) is 1. The van der Waals surface area contributed by atoms with Gasteiger partial charge < -0.3 is 5.32 Å². The summed E-state index contributed by atoms with van der Waals surface area (Å²) >= 11 is 0. The van der Waals surface area contributed by atoms with Gasteiger partial charge in [0.2, 0.25) is 0 Å². The maximum absolute atomic E-state index is 12.7. The highest BCUT2D eigenvalue weighted by atomic mass is 19.1. The van der Waals surface area contributed by atoms with Gasteiger partial charge in [-0.25, -0.2) is 8.78 Å². The van der Waals surface area contributed by atoms with Crippen molar-refractivity contribution in [1.82, 2.24) is 10.3 Å². The van der Waals surface area contributed by atoms with Gasteiger partial charge in [-0.3, -0.25) is 4.98 Å². The van der Waals surface area contributed by atoms with Crippen molar-refractivity contribution in [3.8, 4) is 0 Å². The van der Waals surface area contributed by atoms with E-state index < -0.39 is 11.6 Å². The Morgan fingerprint density at radius 2 is 2.27 bits per heavy atom. The Kier molecular flexibility index (Phi) is 2.48. The minimum Gasteiger partial charge on any atom is -0.314 e. The van der Waals surface area contributed by atoms with E-state index >= 15 is 0 Å². The summed E-state index contributed by atoms with van der Waals surface area (Å²) in [4.78, 5) is 3.56. The second-order valence-corrected chi connectivity index (χ2v) is 2.11. The van der Waals surface area contributed by atoms with E-state index in [4.69, 9.17) is 0 Å². The quantitative estimate of drug-likeness (QED) is 0.696. The molecule has 0 radical (unpaired) electrons. The molecule has 0 atom stereocenters. The van der Waals surface area contributed by atoms with Crippen molar-refractivity contribution in [2.45, 2.75) is 6.54 Å². The predicted octanol–water partition coefficient (Wildman–Crippen LogP) is 1.08. The number of aromatic nitrogens is 1. The maximum atomic E-state index is 12.7. The first-order valence-electron chi connectivity index (χ1n) is 3.18. The zero-order valence-electron chi connectivity index (χ0n) is 6.06. The number of hydrogen-bond acceptors (Lipinski definition) is 2. The molecule has 1 rings (SSSR count). The van der Waals surface area contributed by atoms with Crippen LogP contribution < -0.4 is 5.32 Å². The second-order valence-electron chi connectivity index (χ2n) is 2.11. The largest absolute Gasteiger partial charge is 0.314 e. The highest BCUT2D eigenvalue weighted by Crippen LogP contribution is 2.04. The van der Waals surface area contributed by atoms with Crippen molar-refractivity contribution in [3.63, 3.8) is 0 Å². The maximum Gasteiger partial charge on any atom is 0.148 e. The molecular formula is C7H8F2N2. The number of rotatable bonds is 2. The zero-order valence-corrected chi connectivity index (χ0v) is 6.06. The minimum absolute atomic E-state index is 0.230. The molecule has 0 unspecified atom stereocenters. The SMILES string of the molecule is CNCc1ncc(F)cc1F. The van der Waals surface area contributed by atoms with Crippen molar-refractivity contribution < 1.29 is 8.78 Å². The Morgan fingerprint density at radius 3 is 2.82 bits per heavy atom. The summed E-state index contributed by atoms with van der Waals surface area (Å²) in [6.07, 6.45) is 0.996. The monoisotopic (exact) mass is 158 g/mol. The van der Waals surface area contributed by atoms with Crippen LogP contribution in [0.4, 0.5) is 8.78 Å². The van der Waals surface area contributed by atoms with Crippen LogP contribution in [-0.4, -0.2) is 12.0 Å². The van der Waals surface area contributed by atoms with E-state index in [1.54, 1.807) is 7.05 Å². The molecule has 0 saturated heterocycles. The van der Waals surface area contributed by atoms with Crippen LogP contribution in [-0.2, 0) is 6.54 Å². The molecule has 1 N–H and O–H groups in total. The number of halogens is 2. The molecule has 1 aromatic rings. The van der Waals surface area contributed by atoms with Gasteiger partial charge in [-0.1, -0.05) is 0 Å². The number of nitrogens with zero attached hydrogens (tertiary/aromatic N) is 1. The van der Waals surface area contributed by atoms with Crippen LogP contribution in [0.2, 0.25) is 0 Å². The summed E-state index contributed by atoms with van der Waals surface area (Å²) in [6.45, 7) is 0.312. The van der Waals surface area contributed by atoms with E-state index in [2.05, 4.69) is 10.3 Å².